The summed E-state index contributed by atoms with van der Waals surface area (Å²) in [5.41, 5.74) is 3.37. The van der Waals surface area contributed by atoms with Crippen molar-refractivity contribution in [1.29, 1.82) is 0 Å². The van der Waals surface area contributed by atoms with Crippen LogP contribution in [0.3, 0.4) is 0 Å². The van der Waals surface area contributed by atoms with Gasteiger partial charge in [0.2, 0.25) is 5.95 Å². The van der Waals surface area contributed by atoms with Crippen LogP contribution in [0.2, 0.25) is 0 Å². The Kier molecular flexibility index (Phi) is 7.45. The SMILES string of the molecule is COc1cccc(-c2ncc(-c3ccnc(Nc4cccc(OCCCN5CCSC5)c4)n3)[nH]2)c1. The molecule has 180 valence electrons. The van der Waals surface area contributed by atoms with Crippen molar-refractivity contribution in [2.75, 3.05) is 43.8 Å². The van der Waals surface area contributed by atoms with E-state index in [-0.39, 0.29) is 0 Å². The van der Waals surface area contributed by atoms with Gasteiger partial charge < -0.3 is 19.8 Å². The summed E-state index contributed by atoms with van der Waals surface area (Å²) in [5.74, 6) is 5.24. The molecule has 0 atom stereocenters. The number of benzene rings is 2. The minimum atomic E-state index is 0.503. The first-order valence-corrected chi connectivity index (χ1v) is 12.8. The number of nitrogens with zero attached hydrogens (tertiary/aromatic N) is 4. The third-order valence-corrected chi connectivity index (χ3v) is 6.67. The van der Waals surface area contributed by atoms with Gasteiger partial charge in [0, 0.05) is 48.2 Å². The molecule has 3 heterocycles. The number of ether oxygens (including phenoxy) is 2. The number of aromatic nitrogens is 4. The molecule has 2 N–H and O–H groups in total. The van der Waals surface area contributed by atoms with Crippen molar-refractivity contribution in [2.45, 2.75) is 6.42 Å². The number of thioether (sulfide) groups is 1. The van der Waals surface area contributed by atoms with Crippen molar-refractivity contribution < 1.29 is 9.47 Å². The summed E-state index contributed by atoms with van der Waals surface area (Å²) in [6, 6.07) is 17.5. The number of aromatic amines is 1. The van der Waals surface area contributed by atoms with E-state index in [9.17, 15) is 0 Å². The fourth-order valence-electron chi connectivity index (χ4n) is 3.84. The van der Waals surface area contributed by atoms with Gasteiger partial charge in [0.05, 0.1) is 31.3 Å². The van der Waals surface area contributed by atoms with Crippen LogP contribution < -0.4 is 14.8 Å². The van der Waals surface area contributed by atoms with Gasteiger partial charge in [0.25, 0.3) is 0 Å². The van der Waals surface area contributed by atoms with Crippen molar-refractivity contribution >= 4 is 23.4 Å². The quantitative estimate of drug-likeness (QED) is 0.300. The molecular formula is C26H28N6O2S. The summed E-state index contributed by atoms with van der Waals surface area (Å²) in [4.78, 5) is 19.4. The van der Waals surface area contributed by atoms with Gasteiger partial charge in [-0.05, 0) is 36.8 Å². The van der Waals surface area contributed by atoms with Crippen LogP contribution in [-0.2, 0) is 0 Å². The van der Waals surface area contributed by atoms with Crippen LogP contribution >= 0.6 is 11.8 Å². The molecule has 0 aliphatic carbocycles. The second-order valence-corrected chi connectivity index (χ2v) is 9.23. The summed E-state index contributed by atoms with van der Waals surface area (Å²) < 4.78 is 11.3. The van der Waals surface area contributed by atoms with E-state index >= 15 is 0 Å². The molecule has 0 spiro atoms. The first kappa shape index (κ1) is 23.2. The van der Waals surface area contributed by atoms with Gasteiger partial charge in [-0.25, -0.2) is 15.0 Å². The van der Waals surface area contributed by atoms with Crippen molar-refractivity contribution in [3.63, 3.8) is 0 Å². The average Bonchev–Trinajstić information content (AvgIpc) is 3.60. The number of hydrogen-bond acceptors (Lipinski definition) is 8. The van der Waals surface area contributed by atoms with Gasteiger partial charge in [-0.3, -0.25) is 4.90 Å². The third kappa shape index (κ3) is 6.12. The molecule has 2 aromatic heterocycles. The summed E-state index contributed by atoms with van der Waals surface area (Å²) in [7, 11) is 1.65. The highest BCUT2D eigenvalue weighted by atomic mass is 32.2. The predicted molar refractivity (Wildman–Crippen MR) is 140 cm³/mol. The molecular weight excluding hydrogens is 460 g/mol. The van der Waals surface area contributed by atoms with Gasteiger partial charge in [0.1, 0.15) is 17.3 Å². The highest BCUT2D eigenvalue weighted by Crippen LogP contribution is 2.25. The molecule has 35 heavy (non-hydrogen) atoms. The van der Waals surface area contributed by atoms with E-state index in [4.69, 9.17) is 9.47 Å². The van der Waals surface area contributed by atoms with E-state index in [1.54, 1.807) is 19.5 Å². The smallest absolute Gasteiger partial charge is 0.227 e. The van der Waals surface area contributed by atoms with Crippen LogP contribution in [0.25, 0.3) is 22.8 Å². The zero-order chi connectivity index (χ0) is 23.9. The van der Waals surface area contributed by atoms with Crippen LogP contribution in [0.15, 0.2) is 67.0 Å². The van der Waals surface area contributed by atoms with Gasteiger partial charge >= 0.3 is 0 Å². The second kappa shape index (κ2) is 11.2. The fraction of sp³-hybridized carbons (Fsp3) is 0.269. The lowest BCUT2D eigenvalue weighted by Gasteiger charge is -2.14. The lowest BCUT2D eigenvalue weighted by Crippen LogP contribution is -2.22. The summed E-state index contributed by atoms with van der Waals surface area (Å²) >= 11 is 2.00. The fourth-order valence-corrected chi connectivity index (χ4v) is 4.87. The normalized spacial score (nSPS) is 13.6. The summed E-state index contributed by atoms with van der Waals surface area (Å²) in [5, 5.41) is 3.28. The number of methoxy groups -OCH3 is 1. The van der Waals surface area contributed by atoms with Crippen LogP contribution in [0.1, 0.15) is 6.42 Å². The molecule has 5 rings (SSSR count). The summed E-state index contributed by atoms with van der Waals surface area (Å²) in [6.07, 6.45) is 4.52. The van der Waals surface area contributed by atoms with Crippen LogP contribution in [0, 0.1) is 0 Å². The Morgan fingerprint density at radius 1 is 1.09 bits per heavy atom. The monoisotopic (exact) mass is 488 g/mol. The van der Waals surface area contributed by atoms with Crippen molar-refractivity contribution in [2.24, 2.45) is 0 Å². The first-order chi connectivity index (χ1) is 17.3. The number of nitrogens with one attached hydrogen (secondary N) is 2. The standard InChI is InChI=1S/C26H28N6O2S/c1-33-21-7-2-5-19(15-21)25-28-17-24(30-25)23-9-10-27-26(31-23)29-20-6-3-8-22(16-20)34-13-4-11-32-12-14-35-18-32/h2-3,5-10,15-17H,4,11-14,18H2,1H3,(H,28,30)(H,27,29,31). The van der Waals surface area contributed by atoms with E-state index in [1.165, 1.54) is 12.3 Å². The van der Waals surface area contributed by atoms with Crippen LogP contribution in [0.4, 0.5) is 11.6 Å². The maximum atomic E-state index is 5.96. The Morgan fingerprint density at radius 3 is 2.89 bits per heavy atom. The summed E-state index contributed by atoms with van der Waals surface area (Å²) in [6.45, 7) is 2.97. The maximum Gasteiger partial charge on any atom is 0.227 e. The van der Waals surface area contributed by atoms with E-state index in [0.29, 0.717) is 12.6 Å². The molecule has 0 bridgehead atoms. The van der Waals surface area contributed by atoms with E-state index in [1.807, 2.05) is 66.4 Å². The molecule has 0 saturated carbocycles. The average molecular weight is 489 g/mol. The largest absolute Gasteiger partial charge is 0.497 e. The molecule has 1 aliphatic heterocycles. The molecule has 0 radical (unpaired) electrons. The van der Waals surface area contributed by atoms with Crippen LogP contribution in [-0.4, -0.2) is 63.3 Å². The van der Waals surface area contributed by atoms with Gasteiger partial charge in [-0.15, -0.1) is 11.8 Å². The lowest BCUT2D eigenvalue weighted by atomic mass is 10.2. The molecule has 0 unspecified atom stereocenters. The Labute approximate surface area is 209 Å². The highest BCUT2D eigenvalue weighted by molar-refractivity contribution is 7.99. The van der Waals surface area contributed by atoms with Crippen molar-refractivity contribution in [3.8, 4) is 34.3 Å². The molecule has 1 fully saturated rings. The lowest BCUT2D eigenvalue weighted by molar-refractivity contribution is 0.269. The predicted octanol–water partition coefficient (Wildman–Crippen LogP) is 5.06. The number of anilines is 2. The Bertz CT molecular complexity index is 1260. The molecule has 0 amide bonds. The Hall–Kier alpha value is -3.56. The van der Waals surface area contributed by atoms with Crippen molar-refractivity contribution in [3.05, 3.63) is 67.0 Å². The Morgan fingerprint density at radius 2 is 2.00 bits per heavy atom. The number of H-pyrrole nitrogens is 1. The highest BCUT2D eigenvalue weighted by Gasteiger charge is 2.11. The number of hydrogen-bond donors (Lipinski definition) is 2. The van der Waals surface area contributed by atoms with Crippen LogP contribution in [0.5, 0.6) is 11.5 Å². The molecule has 1 aliphatic rings. The second-order valence-electron chi connectivity index (χ2n) is 8.15. The third-order valence-electron chi connectivity index (χ3n) is 5.65. The molecule has 2 aromatic carbocycles. The van der Waals surface area contributed by atoms with Gasteiger partial charge in [-0.2, -0.15) is 0 Å². The van der Waals surface area contributed by atoms with Crippen molar-refractivity contribution in [1.82, 2.24) is 24.8 Å². The first-order valence-electron chi connectivity index (χ1n) is 11.6. The van der Waals surface area contributed by atoms with Gasteiger partial charge in [-0.1, -0.05) is 18.2 Å². The number of rotatable bonds is 10. The zero-order valence-corrected chi connectivity index (χ0v) is 20.4. The Balaban J connectivity index is 1.22. The molecule has 4 aromatic rings. The van der Waals surface area contributed by atoms with E-state index in [2.05, 4.69) is 30.2 Å². The molecule has 8 nitrogen and oxygen atoms in total. The molecule has 1 saturated heterocycles. The topological polar surface area (TPSA) is 88.2 Å². The maximum absolute atomic E-state index is 5.96. The minimum absolute atomic E-state index is 0.503. The van der Waals surface area contributed by atoms with E-state index < -0.39 is 0 Å². The zero-order valence-electron chi connectivity index (χ0n) is 19.6. The molecule has 9 heteroatoms. The van der Waals surface area contributed by atoms with E-state index in [0.717, 1.165) is 58.8 Å². The van der Waals surface area contributed by atoms with Gasteiger partial charge in [0.15, 0.2) is 0 Å². The minimum Gasteiger partial charge on any atom is -0.497 e. The number of imidazole rings is 1.